The minimum absolute atomic E-state index is 0.0131. The first kappa shape index (κ1) is 24.3. The molecule has 9 heteroatoms. The number of rotatable bonds is 7. The molecule has 0 spiro atoms. The molecular formula is C28H29N5O4. The summed E-state index contributed by atoms with van der Waals surface area (Å²) in [5.74, 6) is 1.60. The molecule has 2 aromatic carbocycles. The molecule has 4 aromatic rings. The van der Waals surface area contributed by atoms with E-state index in [1.54, 1.807) is 19.3 Å². The van der Waals surface area contributed by atoms with Crippen molar-refractivity contribution < 1.29 is 14.3 Å². The van der Waals surface area contributed by atoms with E-state index in [2.05, 4.69) is 10.2 Å². The Morgan fingerprint density at radius 3 is 2.68 bits per heavy atom. The maximum absolute atomic E-state index is 13.0. The van der Waals surface area contributed by atoms with Crippen LogP contribution in [0.15, 0.2) is 77.7 Å². The molecule has 5 rings (SSSR count). The number of amides is 1. The largest absolute Gasteiger partial charge is 0.457 e. The zero-order valence-corrected chi connectivity index (χ0v) is 20.6. The van der Waals surface area contributed by atoms with Crippen LogP contribution in [0, 0.1) is 0 Å². The van der Waals surface area contributed by atoms with Crippen molar-refractivity contribution in [2.24, 2.45) is 0 Å². The number of nitrogens with one attached hydrogen (secondary N) is 1. The highest BCUT2D eigenvalue weighted by atomic mass is 16.5. The van der Waals surface area contributed by atoms with Crippen LogP contribution in [-0.4, -0.2) is 52.4 Å². The normalized spacial score (nSPS) is 15.9. The summed E-state index contributed by atoms with van der Waals surface area (Å²) in [6, 6.07) is 17.1. The SMILES string of the molecule is COCC=CC(=O)N1CCCC(c2cn(-c3ccc(Oc4ccccc4)cc3)c3c(N)n[nH]c(=O)c23)C1. The number of piperidine rings is 1. The predicted octanol–water partition coefficient (Wildman–Crippen LogP) is 4.00. The van der Waals surface area contributed by atoms with Crippen molar-refractivity contribution in [3.63, 3.8) is 0 Å². The standard InChI is InChI=1S/C28H29N5O4/c1-36-16-6-10-24(34)32-15-5-7-19(17-32)23-18-33(26-25(23)28(35)31-30-27(26)29)20-11-13-22(14-12-20)37-21-8-3-2-4-9-21/h2-4,6,8-14,18-19H,5,7,15-17H2,1H3,(H2,29,30)(H,31,35). The third kappa shape index (κ3) is 5.12. The Morgan fingerprint density at radius 2 is 1.92 bits per heavy atom. The molecule has 1 amide bonds. The molecule has 1 saturated heterocycles. The quantitative estimate of drug-likeness (QED) is 0.372. The lowest BCUT2D eigenvalue weighted by Gasteiger charge is -2.32. The number of aromatic nitrogens is 3. The third-order valence-electron chi connectivity index (χ3n) is 6.57. The Morgan fingerprint density at radius 1 is 1.16 bits per heavy atom. The van der Waals surface area contributed by atoms with E-state index >= 15 is 0 Å². The number of nitrogen functional groups attached to an aromatic ring is 1. The van der Waals surface area contributed by atoms with Crippen LogP contribution in [0.5, 0.6) is 11.5 Å². The number of para-hydroxylation sites is 1. The van der Waals surface area contributed by atoms with Crippen LogP contribution in [0.4, 0.5) is 5.82 Å². The number of hydrogen-bond donors (Lipinski definition) is 2. The van der Waals surface area contributed by atoms with E-state index in [1.807, 2.05) is 70.3 Å². The molecule has 0 radical (unpaired) electrons. The average Bonchev–Trinajstić information content (AvgIpc) is 3.34. The number of fused-ring (bicyclic) bond motifs is 1. The molecule has 0 bridgehead atoms. The highest BCUT2D eigenvalue weighted by molar-refractivity contribution is 5.92. The van der Waals surface area contributed by atoms with Gasteiger partial charge in [-0.05, 0) is 54.8 Å². The lowest BCUT2D eigenvalue weighted by Crippen LogP contribution is -2.38. The van der Waals surface area contributed by atoms with Gasteiger partial charge in [-0.25, -0.2) is 5.10 Å². The summed E-state index contributed by atoms with van der Waals surface area (Å²) in [6.45, 7) is 1.57. The van der Waals surface area contributed by atoms with Crippen molar-refractivity contribution >= 4 is 22.6 Å². The Balaban J connectivity index is 1.48. The zero-order valence-electron chi connectivity index (χ0n) is 20.6. The number of hydrogen-bond acceptors (Lipinski definition) is 6. The van der Waals surface area contributed by atoms with Gasteiger partial charge in [0.05, 0.1) is 12.0 Å². The van der Waals surface area contributed by atoms with Gasteiger partial charge in [0.15, 0.2) is 5.82 Å². The number of aromatic amines is 1. The van der Waals surface area contributed by atoms with E-state index in [4.69, 9.17) is 15.2 Å². The number of nitrogens with two attached hydrogens (primary N) is 1. The summed E-state index contributed by atoms with van der Waals surface area (Å²) in [5.41, 5.74) is 8.20. The Labute approximate surface area is 214 Å². The molecular weight excluding hydrogens is 470 g/mol. The first-order valence-electron chi connectivity index (χ1n) is 12.2. The van der Waals surface area contributed by atoms with Crippen LogP contribution in [-0.2, 0) is 9.53 Å². The molecule has 0 saturated carbocycles. The lowest BCUT2D eigenvalue weighted by atomic mass is 9.90. The van der Waals surface area contributed by atoms with E-state index in [0.717, 1.165) is 29.8 Å². The predicted molar refractivity (Wildman–Crippen MR) is 142 cm³/mol. The highest BCUT2D eigenvalue weighted by Gasteiger charge is 2.28. The van der Waals surface area contributed by atoms with Crippen molar-refractivity contribution in [3.05, 3.63) is 88.9 Å². The number of methoxy groups -OCH3 is 1. The van der Waals surface area contributed by atoms with Gasteiger partial charge in [0.25, 0.3) is 5.56 Å². The number of benzene rings is 2. The van der Waals surface area contributed by atoms with Crippen LogP contribution < -0.4 is 16.0 Å². The molecule has 9 nitrogen and oxygen atoms in total. The molecule has 1 atom stereocenters. The Hall–Kier alpha value is -4.37. The van der Waals surface area contributed by atoms with E-state index in [-0.39, 0.29) is 23.2 Å². The summed E-state index contributed by atoms with van der Waals surface area (Å²) in [7, 11) is 1.59. The van der Waals surface area contributed by atoms with Crippen LogP contribution in [0.25, 0.3) is 16.6 Å². The summed E-state index contributed by atoms with van der Waals surface area (Å²) in [4.78, 5) is 27.5. The number of likely N-dealkylation sites (tertiary alicyclic amines) is 1. The summed E-state index contributed by atoms with van der Waals surface area (Å²) in [6.07, 6.45) is 6.90. The molecule has 3 heterocycles. The van der Waals surface area contributed by atoms with E-state index < -0.39 is 0 Å². The molecule has 1 unspecified atom stereocenters. The van der Waals surface area contributed by atoms with Crippen molar-refractivity contribution in [2.45, 2.75) is 18.8 Å². The lowest BCUT2D eigenvalue weighted by molar-refractivity contribution is -0.127. The minimum atomic E-state index is -0.301. The first-order chi connectivity index (χ1) is 18.0. The average molecular weight is 500 g/mol. The van der Waals surface area contributed by atoms with E-state index in [0.29, 0.717) is 36.3 Å². The van der Waals surface area contributed by atoms with Crippen LogP contribution in [0.3, 0.4) is 0 Å². The molecule has 2 aromatic heterocycles. The number of nitrogens with zero attached hydrogens (tertiary/aromatic N) is 3. The topological polar surface area (TPSA) is 115 Å². The Bertz CT molecular complexity index is 1470. The third-order valence-corrected chi connectivity index (χ3v) is 6.57. The van der Waals surface area contributed by atoms with Crippen LogP contribution >= 0.6 is 0 Å². The molecule has 0 aliphatic carbocycles. The van der Waals surface area contributed by atoms with E-state index in [9.17, 15) is 9.59 Å². The maximum Gasteiger partial charge on any atom is 0.274 e. The number of carbonyl (C=O) groups excluding carboxylic acids is 1. The minimum Gasteiger partial charge on any atom is -0.457 e. The van der Waals surface area contributed by atoms with Crippen LogP contribution in [0.1, 0.15) is 24.3 Å². The second kappa shape index (κ2) is 10.7. The van der Waals surface area contributed by atoms with Gasteiger partial charge in [-0.2, -0.15) is 5.10 Å². The fourth-order valence-electron chi connectivity index (χ4n) is 4.83. The van der Waals surface area contributed by atoms with E-state index in [1.165, 1.54) is 0 Å². The number of H-pyrrole nitrogens is 1. The second-order valence-electron chi connectivity index (χ2n) is 9.01. The second-order valence-corrected chi connectivity index (χ2v) is 9.01. The summed E-state index contributed by atoms with van der Waals surface area (Å²) in [5, 5.41) is 7.05. The smallest absolute Gasteiger partial charge is 0.274 e. The number of carbonyl (C=O) groups is 1. The fraction of sp³-hybridized carbons (Fsp3) is 0.250. The first-order valence-corrected chi connectivity index (χ1v) is 12.2. The van der Waals surface area contributed by atoms with Gasteiger partial charge in [0, 0.05) is 44.1 Å². The molecule has 190 valence electrons. The maximum atomic E-state index is 13.0. The summed E-state index contributed by atoms with van der Waals surface area (Å²) < 4.78 is 12.8. The van der Waals surface area contributed by atoms with Gasteiger partial charge in [-0.3, -0.25) is 9.59 Å². The van der Waals surface area contributed by atoms with Crippen molar-refractivity contribution in [1.29, 1.82) is 0 Å². The molecule has 37 heavy (non-hydrogen) atoms. The molecule has 1 aliphatic rings. The van der Waals surface area contributed by atoms with Gasteiger partial charge in [0.1, 0.15) is 17.0 Å². The van der Waals surface area contributed by atoms with Gasteiger partial charge in [-0.1, -0.05) is 24.3 Å². The zero-order chi connectivity index (χ0) is 25.8. The number of anilines is 1. The van der Waals surface area contributed by atoms with Crippen molar-refractivity contribution in [3.8, 4) is 17.2 Å². The van der Waals surface area contributed by atoms with Crippen molar-refractivity contribution in [1.82, 2.24) is 19.7 Å². The van der Waals surface area contributed by atoms with Crippen LogP contribution in [0.2, 0.25) is 0 Å². The van der Waals surface area contributed by atoms with Gasteiger partial charge >= 0.3 is 0 Å². The molecule has 3 N–H and O–H groups in total. The molecule has 1 fully saturated rings. The van der Waals surface area contributed by atoms with Crippen molar-refractivity contribution in [2.75, 3.05) is 32.5 Å². The molecule has 1 aliphatic heterocycles. The van der Waals surface area contributed by atoms with Gasteiger partial charge < -0.3 is 24.7 Å². The summed E-state index contributed by atoms with van der Waals surface area (Å²) >= 11 is 0. The van der Waals surface area contributed by atoms with Gasteiger partial charge in [-0.15, -0.1) is 0 Å². The highest BCUT2D eigenvalue weighted by Crippen LogP contribution is 2.35. The van der Waals surface area contributed by atoms with Gasteiger partial charge in [0.2, 0.25) is 5.91 Å². The fourth-order valence-corrected chi connectivity index (χ4v) is 4.83. The Kier molecular flexibility index (Phi) is 7.04. The monoisotopic (exact) mass is 499 g/mol. The number of ether oxygens (including phenoxy) is 2.